The molecule has 140 valence electrons. The molecule has 2 heterocycles. The van der Waals surface area contributed by atoms with Crippen LogP contribution in [0, 0.1) is 5.13 Å². The van der Waals surface area contributed by atoms with Crippen LogP contribution in [-0.2, 0) is 24.1 Å². The van der Waals surface area contributed by atoms with Crippen molar-refractivity contribution in [1.29, 1.82) is 0 Å². The number of aryl methyl sites for hydroxylation is 1. The van der Waals surface area contributed by atoms with Gasteiger partial charge >= 0.3 is 5.97 Å². The Hall–Kier alpha value is -2.80. The van der Waals surface area contributed by atoms with Crippen LogP contribution in [0.3, 0.4) is 0 Å². The number of carboxylic acid groups (broad SMARTS) is 1. The first-order chi connectivity index (χ1) is 13.0. The van der Waals surface area contributed by atoms with Crippen molar-refractivity contribution in [1.82, 2.24) is 9.97 Å². The largest absolute Gasteiger partial charge is 0.481 e. The minimum absolute atomic E-state index is 0.0118. The molecule has 2 N–H and O–H groups in total. The highest BCUT2D eigenvalue weighted by molar-refractivity contribution is 7.13. The number of nitrogens with zero attached hydrogens (tertiary/aromatic N) is 2. The van der Waals surface area contributed by atoms with Crippen molar-refractivity contribution in [3.63, 3.8) is 0 Å². The highest BCUT2D eigenvalue weighted by atomic mass is 32.1. The minimum atomic E-state index is -0.861. The molecule has 0 aliphatic rings. The van der Waals surface area contributed by atoms with E-state index in [1.165, 1.54) is 6.07 Å². The number of rotatable bonds is 7. The molecule has 0 amide bonds. The number of carbonyl (C=O) groups is 1. The number of aliphatic carboxylic acids is 1. The van der Waals surface area contributed by atoms with Crippen molar-refractivity contribution in [2.45, 2.75) is 33.1 Å². The Morgan fingerprint density at radius 1 is 1.11 bits per heavy atom. The van der Waals surface area contributed by atoms with Gasteiger partial charge in [-0.1, -0.05) is 26.0 Å². The van der Waals surface area contributed by atoms with Crippen molar-refractivity contribution in [3.05, 3.63) is 58.3 Å². The summed E-state index contributed by atoms with van der Waals surface area (Å²) < 4.78 is 13.4. The van der Waals surface area contributed by atoms with Crippen LogP contribution >= 0.6 is 11.3 Å². The van der Waals surface area contributed by atoms with Crippen LogP contribution in [0.2, 0.25) is 0 Å². The van der Waals surface area contributed by atoms with Crippen LogP contribution in [0.1, 0.15) is 30.7 Å². The minimum Gasteiger partial charge on any atom is -0.481 e. The Morgan fingerprint density at radius 2 is 1.85 bits per heavy atom. The number of benzene rings is 1. The molecule has 0 radical (unpaired) electrons. The first-order valence-electron chi connectivity index (χ1n) is 8.73. The monoisotopic (exact) mass is 385 g/mol. The van der Waals surface area contributed by atoms with Gasteiger partial charge in [-0.25, -0.2) is 9.97 Å². The molecule has 2 aromatic heterocycles. The molecule has 0 atom stereocenters. The van der Waals surface area contributed by atoms with E-state index in [0.29, 0.717) is 16.5 Å². The summed E-state index contributed by atoms with van der Waals surface area (Å²) >= 11 is 1.02. The number of nitrogens with one attached hydrogen (secondary N) is 1. The van der Waals surface area contributed by atoms with Gasteiger partial charge in [0.15, 0.2) is 11.0 Å². The van der Waals surface area contributed by atoms with Crippen molar-refractivity contribution in [2.75, 3.05) is 5.32 Å². The standard InChI is InChI=1S/C20H20FN3O2S/c1-3-14-15(4-2)23-20(16-9-10-17(21)27-16)24-19(14)22-13-7-5-12(6-8-13)11-18(25)26/h5-10H,3-4,11H2,1-2H3,(H,25,26)(H,22,23,24). The lowest BCUT2D eigenvalue weighted by molar-refractivity contribution is -0.136. The number of carboxylic acids is 1. The molecule has 0 aliphatic heterocycles. The fourth-order valence-electron chi connectivity index (χ4n) is 2.86. The van der Waals surface area contributed by atoms with Gasteiger partial charge < -0.3 is 10.4 Å². The maximum absolute atomic E-state index is 13.4. The van der Waals surface area contributed by atoms with Crippen LogP contribution in [-0.4, -0.2) is 21.0 Å². The molecule has 0 bridgehead atoms. The number of aromatic nitrogens is 2. The molecular weight excluding hydrogens is 365 g/mol. The maximum Gasteiger partial charge on any atom is 0.307 e. The Kier molecular flexibility index (Phi) is 5.81. The zero-order chi connectivity index (χ0) is 19.4. The van der Waals surface area contributed by atoms with Crippen molar-refractivity contribution < 1.29 is 14.3 Å². The van der Waals surface area contributed by atoms with Gasteiger partial charge in [0.05, 0.1) is 11.3 Å². The van der Waals surface area contributed by atoms with Crippen LogP contribution in [0.25, 0.3) is 10.7 Å². The van der Waals surface area contributed by atoms with E-state index in [2.05, 4.69) is 15.3 Å². The van der Waals surface area contributed by atoms with E-state index >= 15 is 0 Å². The second-order valence-corrected chi connectivity index (χ2v) is 7.06. The number of halogens is 1. The summed E-state index contributed by atoms with van der Waals surface area (Å²) in [6.45, 7) is 4.08. The van der Waals surface area contributed by atoms with Crippen LogP contribution in [0.5, 0.6) is 0 Å². The molecular formula is C20H20FN3O2S. The Bertz CT molecular complexity index is 954. The topological polar surface area (TPSA) is 75.1 Å². The van der Waals surface area contributed by atoms with Gasteiger partial charge in [0.2, 0.25) is 0 Å². The molecule has 0 unspecified atom stereocenters. The van der Waals surface area contributed by atoms with Gasteiger partial charge in [-0.2, -0.15) is 4.39 Å². The maximum atomic E-state index is 13.4. The summed E-state index contributed by atoms with van der Waals surface area (Å²) in [5.41, 5.74) is 3.49. The average Bonchev–Trinajstić information content (AvgIpc) is 3.08. The summed E-state index contributed by atoms with van der Waals surface area (Å²) in [5, 5.41) is 11.9. The van der Waals surface area contributed by atoms with Crippen molar-refractivity contribution >= 4 is 28.8 Å². The van der Waals surface area contributed by atoms with E-state index in [-0.39, 0.29) is 11.6 Å². The van der Waals surface area contributed by atoms with Crippen molar-refractivity contribution in [2.24, 2.45) is 0 Å². The molecule has 0 saturated carbocycles. The van der Waals surface area contributed by atoms with E-state index in [9.17, 15) is 9.18 Å². The average molecular weight is 385 g/mol. The van der Waals surface area contributed by atoms with E-state index in [1.807, 2.05) is 26.0 Å². The summed E-state index contributed by atoms with van der Waals surface area (Å²) in [6.07, 6.45) is 1.50. The highest BCUT2D eigenvalue weighted by Crippen LogP contribution is 2.29. The third-order valence-corrected chi connectivity index (χ3v) is 5.02. The van der Waals surface area contributed by atoms with Crippen LogP contribution < -0.4 is 5.32 Å². The smallest absolute Gasteiger partial charge is 0.307 e. The van der Waals surface area contributed by atoms with Gasteiger partial charge in [0, 0.05) is 16.9 Å². The lowest BCUT2D eigenvalue weighted by Crippen LogP contribution is -2.07. The molecule has 3 aromatic rings. The fraction of sp³-hybridized carbons (Fsp3) is 0.250. The van der Waals surface area contributed by atoms with Crippen LogP contribution in [0.15, 0.2) is 36.4 Å². The molecule has 3 rings (SSSR count). The first kappa shape index (κ1) is 19.0. The van der Waals surface area contributed by atoms with E-state index in [4.69, 9.17) is 5.11 Å². The van der Waals surface area contributed by atoms with Gasteiger partial charge in [-0.3, -0.25) is 4.79 Å². The highest BCUT2D eigenvalue weighted by Gasteiger charge is 2.15. The predicted molar refractivity (Wildman–Crippen MR) is 105 cm³/mol. The summed E-state index contributed by atoms with van der Waals surface area (Å²) in [6, 6.07) is 10.3. The predicted octanol–water partition coefficient (Wildman–Crippen LogP) is 4.84. The third-order valence-electron chi connectivity index (χ3n) is 4.15. The first-order valence-corrected chi connectivity index (χ1v) is 9.55. The number of hydrogen-bond donors (Lipinski definition) is 2. The summed E-state index contributed by atoms with van der Waals surface area (Å²) in [7, 11) is 0. The number of hydrogen-bond acceptors (Lipinski definition) is 5. The Balaban J connectivity index is 1.96. The molecule has 7 heteroatoms. The summed E-state index contributed by atoms with van der Waals surface area (Å²) in [4.78, 5) is 20.8. The van der Waals surface area contributed by atoms with E-state index in [0.717, 1.165) is 46.7 Å². The molecule has 5 nitrogen and oxygen atoms in total. The zero-order valence-corrected chi connectivity index (χ0v) is 15.9. The molecule has 1 aromatic carbocycles. The second-order valence-electron chi connectivity index (χ2n) is 6.02. The number of thiophene rings is 1. The Morgan fingerprint density at radius 3 is 2.41 bits per heavy atom. The molecule has 27 heavy (non-hydrogen) atoms. The second kappa shape index (κ2) is 8.26. The lowest BCUT2D eigenvalue weighted by atomic mass is 10.1. The molecule has 0 saturated heterocycles. The fourth-order valence-corrected chi connectivity index (χ4v) is 3.52. The SMILES string of the molecule is CCc1nc(-c2ccc(F)s2)nc(Nc2ccc(CC(=O)O)cc2)c1CC. The zero-order valence-electron chi connectivity index (χ0n) is 15.1. The van der Waals surface area contributed by atoms with Gasteiger partial charge in [-0.15, -0.1) is 11.3 Å². The van der Waals surface area contributed by atoms with E-state index < -0.39 is 5.97 Å². The third kappa shape index (κ3) is 4.49. The van der Waals surface area contributed by atoms with Crippen molar-refractivity contribution in [3.8, 4) is 10.7 Å². The normalized spacial score (nSPS) is 10.8. The molecule has 0 aliphatic carbocycles. The quantitative estimate of drug-likeness (QED) is 0.609. The van der Waals surface area contributed by atoms with Crippen LogP contribution in [0.4, 0.5) is 15.9 Å². The van der Waals surface area contributed by atoms with Gasteiger partial charge in [-0.05, 0) is 42.7 Å². The summed E-state index contributed by atoms with van der Waals surface area (Å²) in [5.74, 6) is 0.335. The van der Waals surface area contributed by atoms with E-state index in [1.54, 1.807) is 18.2 Å². The molecule has 0 fully saturated rings. The molecule has 0 spiro atoms. The lowest BCUT2D eigenvalue weighted by Gasteiger charge is -2.15. The van der Waals surface area contributed by atoms with Gasteiger partial charge in [0.1, 0.15) is 5.82 Å². The van der Waals surface area contributed by atoms with Gasteiger partial charge in [0.25, 0.3) is 0 Å². The Labute approximate surface area is 160 Å². The number of anilines is 2.